The number of likely N-dealkylation sites (N-methyl/N-ethyl adjacent to an activating group) is 1. The largest absolute Gasteiger partial charge is 0.472 e. The van der Waals surface area contributed by atoms with Crippen molar-refractivity contribution in [2.75, 3.05) is 47.5 Å². The van der Waals surface area contributed by atoms with Crippen LogP contribution in [0.1, 0.15) is 373 Å². The summed E-state index contributed by atoms with van der Waals surface area (Å²) in [4.78, 5) is 36.0. The second-order valence-electron chi connectivity index (χ2n) is 28.8. The summed E-state index contributed by atoms with van der Waals surface area (Å²) in [6.07, 6.45) is 112. The monoisotopic (exact) mass is 1390 g/mol. The van der Waals surface area contributed by atoms with Gasteiger partial charge in [0, 0.05) is 12.8 Å². The third kappa shape index (κ3) is 81.4. The molecule has 2 atom stereocenters. The van der Waals surface area contributed by atoms with Gasteiger partial charge in [0.05, 0.1) is 27.7 Å². The molecule has 0 amide bonds. The molecule has 566 valence electrons. The fraction of sp³-hybridized carbons (Fsp3) is 0.750. The van der Waals surface area contributed by atoms with Crippen molar-refractivity contribution < 1.29 is 42.1 Å². The lowest BCUT2D eigenvalue weighted by atomic mass is 10.0. The number of phosphoric ester groups is 1. The first-order chi connectivity index (χ1) is 48.0. The number of carbonyl (C=O) groups excluding carboxylic acids is 2. The van der Waals surface area contributed by atoms with E-state index in [-0.39, 0.29) is 32.0 Å². The molecule has 9 nitrogen and oxygen atoms in total. The highest BCUT2D eigenvalue weighted by Crippen LogP contribution is 2.43. The smallest absolute Gasteiger partial charge is 0.462 e. The maximum atomic E-state index is 12.9. The molecule has 0 aliphatic heterocycles. The van der Waals surface area contributed by atoms with Crippen LogP contribution in [-0.4, -0.2) is 74.9 Å². The predicted octanol–water partition coefficient (Wildman–Crippen LogP) is 27.7. The van der Waals surface area contributed by atoms with Crippen LogP contribution in [0.5, 0.6) is 0 Å². The quantitative estimate of drug-likeness (QED) is 0.0211. The molecule has 0 aromatic rings. The van der Waals surface area contributed by atoms with E-state index in [0.717, 1.165) is 96.3 Å². The highest BCUT2D eigenvalue weighted by molar-refractivity contribution is 7.47. The van der Waals surface area contributed by atoms with E-state index in [1.807, 2.05) is 21.1 Å². The van der Waals surface area contributed by atoms with E-state index in [1.54, 1.807) is 0 Å². The third-order valence-corrected chi connectivity index (χ3v) is 19.0. The van der Waals surface area contributed by atoms with Gasteiger partial charge in [-0.15, -0.1) is 0 Å². The first-order valence-corrected chi connectivity index (χ1v) is 42.8. The SMILES string of the molecule is CC/C=C\C/C=C\C/C=C\C/C=C\C/C=C\C/C=C\C/C=C\C/C=C\CCCCCCCCCCCCCCC(=O)OC(COC(=O)CCCCCCCCCCCCCCCCCCCCCCCCCCC/C=C\C/C=C\CCCCCCC)COP(=O)(O)OCC[N+](C)(C)C. The molecule has 0 spiro atoms. The highest BCUT2D eigenvalue weighted by Gasteiger charge is 2.27. The van der Waals surface area contributed by atoms with Crippen molar-refractivity contribution in [3.05, 3.63) is 122 Å². The summed E-state index contributed by atoms with van der Waals surface area (Å²) in [7, 11) is 1.48. The minimum Gasteiger partial charge on any atom is -0.462 e. The van der Waals surface area contributed by atoms with E-state index < -0.39 is 26.5 Å². The number of esters is 2. The first-order valence-electron chi connectivity index (χ1n) is 41.3. The first kappa shape index (κ1) is 94.4. The van der Waals surface area contributed by atoms with E-state index >= 15 is 0 Å². The highest BCUT2D eigenvalue weighted by atomic mass is 31.2. The summed E-state index contributed by atoms with van der Waals surface area (Å²) >= 11 is 0. The lowest BCUT2D eigenvalue weighted by Gasteiger charge is -2.24. The van der Waals surface area contributed by atoms with E-state index in [9.17, 15) is 19.0 Å². The Labute approximate surface area is 607 Å². The van der Waals surface area contributed by atoms with Gasteiger partial charge in [0.1, 0.15) is 19.8 Å². The molecule has 0 aromatic heterocycles. The Morgan fingerprint density at radius 3 is 0.867 bits per heavy atom. The number of ether oxygens (including phenoxy) is 2. The molecular formula is C88H157NO8P+. The number of hydrogen-bond acceptors (Lipinski definition) is 7. The number of carbonyl (C=O) groups is 2. The number of unbranched alkanes of at least 4 members (excludes halogenated alkanes) is 42. The Bertz CT molecular complexity index is 2070. The van der Waals surface area contributed by atoms with Crippen LogP contribution in [0.3, 0.4) is 0 Å². The zero-order chi connectivity index (χ0) is 71.1. The number of nitrogens with zero attached hydrogens (tertiary/aromatic N) is 1. The van der Waals surface area contributed by atoms with Gasteiger partial charge in [-0.3, -0.25) is 18.6 Å². The molecule has 2 unspecified atom stereocenters. The summed E-state index contributed by atoms with van der Waals surface area (Å²) in [6, 6.07) is 0. The summed E-state index contributed by atoms with van der Waals surface area (Å²) in [6.45, 7) is 4.35. The topological polar surface area (TPSA) is 108 Å². The molecule has 0 saturated carbocycles. The van der Waals surface area contributed by atoms with Gasteiger partial charge >= 0.3 is 19.8 Å². The van der Waals surface area contributed by atoms with Gasteiger partial charge in [0.25, 0.3) is 0 Å². The van der Waals surface area contributed by atoms with Crippen LogP contribution in [0.4, 0.5) is 0 Å². The summed E-state index contributed by atoms with van der Waals surface area (Å²) < 4.78 is 34.8. The van der Waals surface area contributed by atoms with Crippen molar-refractivity contribution >= 4 is 19.8 Å². The number of quaternary nitrogens is 1. The van der Waals surface area contributed by atoms with Crippen LogP contribution in [-0.2, 0) is 32.7 Å². The average molecular weight is 1390 g/mol. The fourth-order valence-electron chi connectivity index (χ4n) is 11.7. The summed E-state index contributed by atoms with van der Waals surface area (Å²) in [5.74, 6) is -0.788. The van der Waals surface area contributed by atoms with Gasteiger partial charge in [-0.2, -0.15) is 0 Å². The molecule has 98 heavy (non-hydrogen) atoms. The van der Waals surface area contributed by atoms with Crippen LogP contribution in [0.15, 0.2) is 122 Å². The summed E-state index contributed by atoms with van der Waals surface area (Å²) in [5.41, 5.74) is 0. The molecule has 0 saturated heterocycles. The minimum atomic E-state index is -4.40. The predicted molar refractivity (Wildman–Crippen MR) is 427 cm³/mol. The average Bonchev–Trinajstić information content (AvgIpc) is 1.08. The van der Waals surface area contributed by atoms with Crippen molar-refractivity contribution in [3.8, 4) is 0 Å². The van der Waals surface area contributed by atoms with Crippen molar-refractivity contribution in [3.63, 3.8) is 0 Å². The minimum absolute atomic E-state index is 0.0288. The fourth-order valence-corrected chi connectivity index (χ4v) is 12.5. The number of allylic oxidation sites excluding steroid dienone is 20. The van der Waals surface area contributed by atoms with Crippen molar-refractivity contribution in [2.24, 2.45) is 0 Å². The lowest BCUT2D eigenvalue weighted by Crippen LogP contribution is -2.37. The second kappa shape index (κ2) is 77.6. The molecular weight excluding hydrogens is 1230 g/mol. The van der Waals surface area contributed by atoms with Crippen molar-refractivity contribution in [2.45, 2.75) is 380 Å². The van der Waals surface area contributed by atoms with Crippen LogP contribution in [0, 0.1) is 0 Å². The van der Waals surface area contributed by atoms with E-state index in [4.69, 9.17) is 18.5 Å². The van der Waals surface area contributed by atoms with E-state index in [1.165, 1.54) is 244 Å². The van der Waals surface area contributed by atoms with Gasteiger partial charge in [0.15, 0.2) is 6.10 Å². The Morgan fingerprint density at radius 2 is 0.582 bits per heavy atom. The molecule has 0 bridgehead atoms. The zero-order valence-electron chi connectivity index (χ0n) is 64.8. The van der Waals surface area contributed by atoms with Crippen LogP contribution in [0.2, 0.25) is 0 Å². The standard InChI is InChI=1S/C88H156NO8P/c1-6-8-10-12-14-16-18-20-22-24-26-28-30-32-34-36-38-40-42-44-46-48-50-52-54-56-58-60-62-64-66-68-70-72-74-76-78-80-87(90)94-84-86(85-96-98(92,93)95-83-82-89(3,4)5)97-88(91)81-79-77-75-73-71-69-67-65-63-61-59-57-55-53-51-49-47-45-43-41-39-37-35-33-31-29-27-25-23-21-19-17-15-13-11-9-7-2/h9,11,15,17-18,20-21,23-24,26-27,29,33,35,39,41,45,47,51,53,86H,6-8,10,12-14,16,19,22,25,28,30-32,34,36-38,40,42-44,46,48-50,52,54-85H2,1-5H3/p+1/b11-9-,17-15-,20-18-,23-21-,26-24-,29-27-,35-33-,41-39-,47-45-,53-51-. The number of hydrogen-bond donors (Lipinski definition) is 1. The van der Waals surface area contributed by atoms with Crippen LogP contribution < -0.4 is 0 Å². The number of rotatable bonds is 76. The second-order valence-corrected chi connectivity index (χ2v) is 30.2. The molecule has 0 aromatic carbocycles. The van der Waals surface area contributed by atoms with E-state index in [2.05, 4.69) is 135 Å². The van der Waals surface area contributed by atoms with Gasteiger partial charge < -0.3 is 18.9 Å². The molecule has 0 aliphatic rings. The Hall–Kier alpha value is -3.59. The molecule has 0 heterocycles. The molecule has 0 radical (unpaired) electrons. The van der Waals surface area contributed by atoms with Gasteiger partial charge in [0.2, 0.25) is 0 Å². The molecule has 0 rings (SSSR count). The van der Waals surface area contributed by atoms with Crippen LogP contribution >= 0.6 is 7.82 Å². The Balaban J connectivity index is 3.96. The van der Waals surface area contributed by atoms with Crippen molar-refractivity contribution in [1.82, 2.24) is 0 Å². The lowest BCUT2D eigenvalue weighted by molar-refractivity contribution is -0.870. The Kier molecular flexibility index (Phi) is 74.7. The van der Waals surface area contributed by atoms with Gasteiger partial charge in [-0.25, -0.2) is 4.57 Å². The molecule has 0 fully saturated rings. The van der Waals surface area contributed by atoms with Crippen LogP contribution in [0.25, 0.3) is 0 Å². The Morgan fingerprint density at radius 1 is 0.327 bits per heavy atom. The third-order valence-electron chi connectivity index (χ3n) is 18.0. The maximum Gasteiger partial charge on any atom is 0.472 e. The number of phosphoric acid groups is 1. The van der Waals surface area contributed by atoms with Gasteiger partial charge in [-0.1, -0.05) is 373 Å². The van der Waals surface area contributed by atoms with Crippen molar-refractivity contribution in [1.29, 1.82) is 0 Å². The normalized spacial score (nSPS) is 13.7. The summed E-state index contributed by atoms with van der Waals surface area (Å²) in [5, 5.41) is 0. The molecule has 1 N–H and O–H groups in total. The van der Waals surface area contributed by atoms with Gasteiger partial charge in [-0.05, 0) is 109 Å². The zero-order valence-corrected chi connectivity index (χ0v) is 65.6. The molecule has 0 aliphatic carbocycles. The van der Waals surface area contributed by atoms with E-state index in [0.29, 0.717) is 17.4 Å². The molecule has 10 heteroatoms. The maximum absolute atomic E-state index is 12.9.